The number of thiocarbonyl (C=S) groups is 1. The Morgan fingerprint density at radius 1 is 1.26 bits per heavy atom. The summed E-state index contributed by atoms with van der Waals surface area (Å²) in [5.41, 5.74) is 0.692. The van der Waals surface area contributed by atoms with Crippen molar-refractivity contribution in [1.82, 2.24) is 10.2 Å². The molecular formula is C25H26F4N4OS. The van der Waals surface area contributed by atoms with E-state index in [1.54, 1.807) is 26.0 Å². The molecule has 5 nitrogen and oxygen atoms in total. The summed E-state index contributed by atoms with van der Waals surface area (Å²) in [6.45, 7) is 7.04. The molecule has 1 aromatic rings. The normalized spacial score (nSPS) is 22.0. The van der Waals surface area contributed by atoms with Crippen molar-refractivity contribution in [2.75, 3.05) is 11.9 Å². The predicted molar refractivity (Wildman–Crippen MR) is 130 cm³/mol. The van der Waals surface area contributed by atoms with Crippen LogP contribution < -0.4 is 10.2 Å². The number of nitrogens with zero attached hydrogens (tertiary/aromatic N) is 3. The summed E-state index contributed by atoms with van der Waals surface area (Å²) in [6.07, 6.45) is -1.10. The third kappa shape index (κ3) is 5.10. The number of benzene rings is 1. The summed E-state index contributed by atoms with van der Waals surface area (Å²) in [4.78, 5) is 15.6. The Balaban J connectivity index is 1.90. The molecule has 1 aromatic carbocycles. The summed E-state index contributed by atoms with van der Waals surface area (Å²) in [5, 5.41) is 11.9. The third-order valence-corrected chi connectivity index (χ3v) is 6.59. The number of halogens is 4. The van der Waals surface area contributed by atoms with Gasteiger partial charge >= 0.3 is 6.18 Å². The van der Waals surface area contributed by atoms with Gasteiger partial charge in [-0.05, 0) is 75.2 Å². The smallest absolute Gasteiger partial charge is 0.392 e. The Kier molecular flexibility index (Phi) is 7.41. The molecule has 0 saturated carbocycles. The Morgan fingerprint density at radius 3 is 2.43 bits per heavy atom. The summed E-state index contributed by atoms with van der Waals surface area (Å²) < 4.78 is 55.5. The van der Waals surface area contributed by atoms with Gasteiger partial charge in [0.05, 0.1) is 23.6 Å². The average Bonchev–Trinajstić information content (AvgIpc) is 2.97. The van der Waals surface area contributed by atoms with E-state index in [9.17, 15) is 22.4 Å². The maximum atomic E-state index is 14.9. The zero-order valence-electron chi connectivity index (χ0n) is 19.6. The second-order valence-corrected chi connectivity index (χ2v) is 9.35. The van der Waals surface area contributed by atoms with Crippen molar-refractivity contribution in [3.8, 4) is 6.07 Å². The first-order chi connectivity index (χ1) is 16.3. The molecule has 1 aliphatic heterocycles. The van der Waals surface area contributed by atoms with Crippen molar-refractivity contribution in [2.24, 2.45) is 11.8 Å². The molecule has 1 heterocycles. The number of rotatable bonds is 7. The Bertz CT molecular complexity index is 1130. The predicted octanol–water partition coefficient (Wildman–Crippen LogP) is 5.52. The maximum Gasteiger partial charge on any atom is 0.396 e. The van der Waals surface area contributed by atoms with Gasteiger partial charge in [-0.15, -0.1) is 0 Å². The van der Waals surface area contributed by atoms with Gasteiger partial charge in [-0.25, -0.2) is 4.39 Å². The number of amides is 1. The lowest BCUT2D eigenvalue weighted by Crippen LogP contribution is -2.44. The maximum absolute atomic E-state index is 14.9. The van der Waals surface area contributed by atoms with Crippen LogP contribution in [0.4, 0.5) is 23.2 Å². The fraction of sp³-hybridized carbons (Fsp3) is 0.400. The Labute approximate surface area is 207 Å². The van der Waals surface area contributed by atoms with Crippen LogP contribution in [0.2, 0.25) is 0 Å². The molecule has 2 aliphatic rings. The highest BCUT2D eigenvalue weighted by Crippen LogP contribution is 2.43. The van der Waals surface area contributed by atoms with Crippen LogP contribution in [0.1, 0.15) is 32.3 Å². The third-order valence-electron chi connectivity index (χ3n) is 6.22. The van der Waals surface area contributed by atoms with Crippen molar-refractivity contribution in [3.05, 3.63) is 65.8 Å². The van der Waals surface area contributed by atoms with Crippen molar-refractivity contribution < 1.29 is 22.4 Å². The van der Waals surface area contributed by atoms with Crippen LogP contribution >= 0.6 is 12.2 Å². The van der Waals surface area contributed by atoms with E-state index in [1.165, 1.54) is 11.0 Å². The summed E-state index contributed by atoms with van der Waals surface area (Å²) in [7, 11) is 1.82. The van der Waals surface area contributed by atoms with Crippen molar-refractivity contribution in [2.45, 2.75) is 44.8 Å². The van der Waals surface area contributed by atoms with E-state index in [4.69, 9.17) is 17.5 Å². The van der Waals surface area contributed by atoms with E-state index < -0.39 is 41.0 Å². The van der Waals surface area contributed by atoms with E-state index in [2.05, 4.69) is 11.9 Å². The number of nitrogens with one attached hydrogen (secondary N) is 1. The summed E-state index contributed by atoms with van der Waals surface area (Å²) in [6, 6.07) is 8.80. The highest BCUT2D eigenvalue weighted by atomic mass is 32.1. The monoisotopic (exact) mass is 506 g/mol. The number of alkyl halides is 3. The molecule has 2 unspecified atom stereocenters. The van der Waals surface area contributed by atoms with Crippen LogP contribution in [-0.2, 0) is 11.2 Å². The minimum Gasteiger partial charge on any atom is -0.392 e. The number of aryl methyl sites for hydroxylation is 1. The van der Waals surface area contributed by atoms with Gasteiger partial charge in [0.15, 0.2) is 5.11 Å². The highest BCUT2D eigenvalue weighted by molar-refractivity contribution is 7.80. The van der Waals surface area contributed by atoms with Gasteiger partial charge in [0.2, 0.25) is 0 Å². The molecule has 2 atom stereocenters. The highest BCUT2D eigenvalue weighted by Gasteiger charge is 2.53. The van der Waals surface area contributed by atoms with Crippen molar-refractivity contribution in [1.29, 1.82) is 5.26 Å². The minimum atomic E-state index is -4.79. The lowest BCUT2D eigenvalue weighted by molar-refractivity contribution is -0.167. The number of anilines is 1. The number of carbonyl (C=O) groups excluding carboxylic acids is 1. The summed E-state index contributed by atoms with van der Waals surface area (Å²) in [5.74, 6) is -5.74. The van der Waals surface area contributed by atoms with E-state index in [1.807, 2.05) is 19.2 Å². The van der Waals surface area contributed by atoms with Gasteiger partial charge in [-0.1, -0.05) is 18.7 Å². The molecule has 1 N–H and O–H groups in total. The van der Waals surface area contributed by atoms with Crippen LogP contribution in [0.25, 0.3) is 0 Å². The first kappa shape index (κ1) is 26.4. The van der Waals surface area contributed by atoms with Crippen LogP contribution in [0.5, 0.6) is 0 Å². The molecule has 10 heteroatoms. The van der Waals surface area contributed by atoms with Crippen LogP contribution in [0, 0.1) is 23.2 Å². The molecule has 3 rings (SSSR count). The standard InChI is InChI=1S/C25H26F4N4OS/c1-15(31-4)6-5-7-16-8-10-18(11-9-16)33-23(35)32(22(34)24(33,2)3)21-13-19(25(27,28)29)17(14-30)12-20(21)26/h8-13,17,19,31H,1,5-7H2,2-4H3. The van der Waals surface area contributed by atoms with E-state index in [0.717, 1.165) is 35.4 Å². The first-order valence-corrected chi connectivity index (χ1v) is 11.4. The minimum absolute atomic E-state index is 0.135. The van der Waals surface area contributed by atoms with E-state index >= 15 is 0 Å². The van der Waals surface area contributed by atoms with Gasteiger partial charge in [0.1, 0.15) is 11.4 Å². The zero-order valence-corrected chi connectivity index (χ0v) is 20.4. The molecule has 0 radical (unpaired) electrons. The lowest BCUT2D eigenvalue weighted by atomic mass is 9.87. The van der Waals surface area contributed by atoms with Gasteiger partial charge in [0.25, 0.3) is 5.91 Å². The molecule has 35 heavy (non-hydrogen) atoms. The first-order valence-electron chi connectivity index (χ1n) is 11.0. The number of carbonyl (C=O) groups is 1. The second-order valence-electron chi connectivity index (χ2n) is 8.98. The molecule has 1 amide bonds. The number of allylic oxidation sites excluding steroid dienone is 4. The molecule has 186 valence electrons. The zero-order chi connectivity index (χ0) is 26.1. The van der Waals surface area contributed by atoms with Gasteiger partial charge < -0.3 is 10.2 Å². The fourth-order valence-electron chi connectivity index (χ4n) is 4.18. The largest absolute Gasteiger partial charge is 0.396 e. The molecular weight excluding hydrogens is 480 g/mol. The van der Waals surface area contributed by atoms with Crippen molar-refractivity contribution in [3.63, 3.8) is 0 Å². The molecule has 1 saturated heterocycles. The fourth-order valence-corrected chi connectivity index (χ4v) is 4.70. The van der Waals surface area contributed by atoms with Gasteiger partial charge in [-0.3, -0.25) is 9.69 Å². The van der Waals surface area contributed by atoms with Crippen molar-refractivity contribution >= 4 is 28.9 Å². The molecule has 0 spiro atoms. The number of hydrogen-bond acceptors (Lipinski definition) is 4. The molecule has 1 fully saturated rings. The van der Waals surface area contributed by atoms with Crippen LogP contribution in [-0.4, -0.2) is 34.7 Å². The van der Waals surface area contributed by atoms with Gasteiger partial charge in [0, 0.05) is 18.4 Å². The number of nitriles is 1. The van der Waals surface area contributed by atoms with Crippen LogP contribution in [0.3, 0.4) is 0 Å². The van der Waals surface area contributed by atoms with E-state index in [-0.39, 0.29) is 5.11 Å². The topological polar surface area (TPSA) is 59.4 Å². The average molecular weight is 507 g/mol. The molecule has 1 aliphatic carbocycles. The molecule has 0 bridgehead atoms. The number of hydrogen-bond donors (Lipinski definition) is 1. The second kappa shape index (κ2) is 9.82. The SMILES string of the molecule is C=C(CCCc1ccc(N2C(=S)N(C3=CC(C(F)(F)F)C(C#N)C=C3F)C(=O)C2(C)C)cc1)NC. The Hall–Kier alpha value is -3.19. The van der Waals surface area contributed by atoms with Gasteiger partial charge in [-0.2, -0.15) is 18.4 Å². The summed E-state index contributed by atoms with van der Waals surface area (Å²) >= 11 is 5.47. The quantitative estimate of drug-likeness (QED) is 0.390. The molecule has 0 aromatic heterocycles. The lowest BCUT2D eigenvalue weighted by Gasteiger charge is -2.30. The van der Waals surface area contributed by atoms with E-state index in [0.29, 0.717) is 17.8 Å². The van der Waals surface area contributed by atoms with Crippen LogP contribution in [0.15, 0.2) is 60.2 Å². The Morgan fingerprint density at radius 2 is 1.89 bits per heavy atom.